The average Bonchev–Trinajstić information content (AvgIpc) is 2.61. The first-order valence-electron chi connectivity index (χ1n) is 5.37. The van der Waals surface area contributed by atoms with E-state index in [1.54, 1.807) is 18.2 Å². The molecular weight excluding hydrogens is 222 g/mol. The summed E-state index contributed by atoms with van der Waals surface area (Å²) < 4.78 is 9.96. The van der Waals surface area contributed by atoms with Gasteiger partial charge in [0.1, 0.15) is 12.4 Å². The van der Waals surface area contributed by atoms with E-state index in [-0.39, 0.29) is 24.5 Å². The number of nitrogens with two attached hydrogens (primary N) is 1. The van der Waals surface area contributed by atoms with Crippen molar-refractivity contribution in [3.05, 3.63) is 29.3 Å². The zero-order valence-electron chi connectivity index (χ0n) is 9.55. The normalized spacial score (nSPS) is 22.2. The molecule has 0 spiro atoms. The Morgan fingerprint density at radius 3 is 3.06 bits per heavy atom. The molecule has 17 heavy (non-hydrogen) atoms. The number of aromatic hydroxyl groups is 1. The molecule has 1 aliphatic rings. The highest BCUT2D eigenvalue weighted by Crippen LogP contribution is 2.34. The van der Waals surface area contributed by atoms with Gasteiger partial charge in [-0.3, -0.25) is 0 Å². The van der Waals surface area contributed by atoms with Crippen LogP contribution in [-0.4, -0.2) is 30.8 Å². The third-order valence-electron chi connectivity index (χ3n) is 2.89. The molecule has 0 fully saturated rings. The van der Waals surface area contributed by atoms with E-state index < -0.39 is 5.97 Å². The Bertz CT molecular complexity index is 433. The van der Waals surface area contributed by atoms with Gasteiger partial charge in [0.25, 0.3) is 0 Å². The second-order valence-corrected chi connectivity index (χ2v) is 4.06. The molecule has 2 rings (SSSR count). The quantitative estimate of drug-likeness (QED) is 0.748. The van der Waals surface area contributed by atoms with Crippen LogP contribution in [0.5, 0.6) is 5.75 Å². The maximum Gasteiger partial charge on any atom is 0.331 e. The molecule has 1 aromatic rings. The molecule has 1 aliphatic carbocycles. The molecule has 0 bridgehead atoms. The average molecular weight is 237 g/mol. The first-order valence-corrected chi connectivity index (χ1v) is 5.37. The van der Waals surface area contributed by atoms with Crippen LogP contribution in [0.4, 0.5) is 0 Å². The molecule has 0 aliphatic heterocycles. The number of benzene rings is 1. The standard InChI is InChI=1S/C12H15NO4/c1-16-11(15)6-17-12-9-3-2-8(14)4-7(9)5-10(12)13/h2-4,10,12,14H,5-6,13H2,1H3. The highest BCUT2D eigenvalue weighted by Gasteiger charge is 2.31. The van der Waals surface area contributed by atoms with E-state index in [4.69, 9.17) is 10.5 Å². The van der Waals surface area contributed by atoms with E-state index in [9.17, 15) is 9.90 Å². The lowest BCUT2D eigenvalue weighted by molar-refractivity contribution is -0.148. The molecule has 5 heteroatoms. The smallest absolute Gasteiger partial charge is 0.331 e. The van der Waals surface area contributed by atoms with E-state index >= 15 is 0 Å². The minimum atomic E-state index is -0.426. The Hall–Kier alpha value is -1.59. The van der Waals surface area contributed by atoms with Crippen molar-refractivity contribution in [3.8, 4) is 5.75 Å². The molecule has 92 valence electrons. The van der Waals surface area contributed by atoms with Gasteiger partial charge in [-0.2, -0.15) is 0 Å². The van der Waals surface area contributed by atoms with E-state index in [2.05, 4.69) is 4.74 Å². The van der Waals surface area contributed by atoms with Crippen molar-refractivity contribution in [2.75, 3.05) is 13.7 Å². The van der Waals surface area contributed by atoms with Crippen molar-refractivity contribution < 1.29 is 19.4 Å². The molecule has 0 saturated heterocycles. The Morgan fingerprint density at radius 1 is 1.59 bits per heavy atom. The van der Waals surface area contributed by atoms with Crippen molar-refractivity contribution in [3.63, 3.8) is 0 Å². The van der Waals surface area contributed by atoms with Crippen molar-refractivity contribution in [2.45, 2.75) is 18.6 Å². The summed E-state index contributed by atoms with van der Waals surface area (Å²) in [7, 11) is 1.31. The summed E-state index contributed by atoms with van der Waals surface area (Å²) in [5.41, 5.74) is 7.84. The van der Waals surface area contributed by atoms with Crippen LogP contribution in [0.25, 0.3) is 0 Å². The zero-order chi connectivity index (χ0) is 12.4. The van der Waals surface area contributed by atoms with Crippen molar-refractivity contribution in [2.24, 2.45) is 5.73 Å². The topological polar surface area (TPSA) is 81.8 Å². The molecule has 0 heterocycles. The van der Waals surface area contributed by atoms with Gasteiger partial charge in [-0.1, -0.05) is 6.07 Å². The molecule has 1 aromatic carbocycles. The number of carbonyl (C=O) groups excluding carboxylic acids is 1. The highest BCUT2D eigenvalue weighted by molar-refractivity contribution is 5.70. The number of rotatable bonds is 3. The van der Waals surface area contributed by atoms with E-state index in [1.165, 1.54) is 7.11 Å². The number of phenolic OH excluding ortho intramolecular Hbond substituents is 1. The molecule has 2 atom stereocenters. The van der Waals surface area contributed by atoms with Gasteiger partial charge in [0.2, 0.25) is 0 Å². The van der Waals surface area contributed by atoms with Gasteiger partial charge < -0.3 is 20.3 Å². The van der Waals surface area contributed by atoms with Crippen LogP contribution in [0, 0.1) is 0 Å². The number of carbonyl (C=O) groups is 1. The van der Waals surface area contributed by atoms with Gasteiger partial charge in [0, 0.05) is 6.04 Å². The molecule has 2 unspecified atom stereocenters. The minimum Gasteiger partial charge on any atom is -0.508 e. The lowest BCUT2D eigenvalue weighted by atomic mass is 10.1. The number of fused-ring (bicyclic) bond motifs is 1. The van der Waals surface area contributed by atoms with Gasteiger partial charge in [-0.05, 0) is 29.7 Å². The molecule has 3 N–H and O–H groups in total. The van der Waals surface area contributed by atoms with Gasteiger partial charge in [-0.25, -0.2) is 4.79 Å². The van der Waals surface area contributed by atoms with E-state index in [0.29, 0.717) is 6.42 Å². The predicted octanol–water partition coefficient (Wildman–Crippen LogP) is 0.506. The van der Waals surface area contributed by atoms with Crippen LogP contribution in [0.1, 0.15) is 17.2 Å². The fraction of sp³-hybridized carbons (Fsp3) is 0.417. The van der Waals surface area contributed by atoms with E-state index in [0.717, 1.165) is 11.1 Å². The third kappa shape index (κ3) is 2.40. The maximum atomic E-state index is 11.0. The van der Waals surface area contributed by atoms with E-state index in [1.807, 2.05) is 0 Å². The number of hydrogen-bond donors (Lipinski definition) is 2. The number of ether oxygens (including phenoxy) is 2. The second kappa shape index (κ2) is 4.73. The first-order chi connectivity index (χ1) is 8.11. The van der Waals surface area contributed by atoms with Crippen molar-refractivity contribution in [1.29, 1.82) is 0 Å². The Balaban J connectivity index is 2.12. The summed E-state index contributed by atoms with van der Waals surface area (Å²) in [6.07, 6.45) is 0.319. The zero-order valence-corrected chi connectivity index (χ0v) is 9.55. The monoisotopic (exact) mass is 237 g/mol. The predicted molar refractivity (Wildman–Crippen MR) is 60.5 cm³/mol. The maximum absolute atomic E-state index is 11.0. The second-order valence-electron chi connectivity index (χ2n) is 4.06. The fourth-order valence-electron chi connectivity index (χ4n) is 2.07. The summed E-state index contributed by atoms with van der Waals surface area (Å²) in [6, 6.07) is 4.85. The van der Waals surface area contributed by atoms with Crippen LogP contribution in [0.15, 0.2) is 18.2 Å². The molecule has 0 aromatic heterocycles. The summed E-state index contributed by atoms with van der Waals surface area (Å²) >= 11 is 0. The Labute approximate surface area is 99.1 Å². The van der Waals surface area contributed by atoms with Crippen LogP contribution in [0.3, 0.4) is 0 Å². The fourth-order valence-corrected chi connectivity index (χ4v) is 2.07. The number of phenols is 1. The first kappa shape index (κ1) is 11.9. The molecular formula is C12H15NO4. The summed E-state index contributed by atoms with van der Waals surface area (Å²) in [4.78, 5) is 11.0. The minimum absolute atomic E-state index is 0.116. The molecule has 0 amide bonds. The number of methoxy groups -OCH3 is 1. The van der Waals surface area contributed by atoms with Gasteiger partial charge in [0.15, 0.2) is 0 Å². The Morgan fingerprint density at radius 2 is 2.35 bits per heavy atom. The van der Waals surface area contributed by atoms with Crippen LogP contribution in [0.2, 0.25) is 0 Å². The lowest BCUT2D eigenvalue weighted by Crippen LogP contribution is -2.28. The van der Waals surface area contributed by atoms with Crippen LogP contribution >= 0.6 is 0 Å². The number of esters is 1. The Kier molecular flexibility index (Phi) is 3.31. The molecule has 0 radical (unpaired) electrons. The largest absolute Gasteiger partial charge is 0.508 e. The molecule has 5 nitrogen and oxygen atoms in total. The number of hydrogen-bond acceptors (Lipinski definition) is 5. The molecule has 0 saturated carbocycles. The van der Waals surface area contributed by atoms with Gasteiger partial charge in [0.05, 0.1) is 13.2 Å². The third-order valence-corrected chi connectivity index (χ3v) is 2.89. The van der Waals surface area contributed by atoms with Crippen molar-refractivity contribution >= 4 is 5.97 Å². The van der Waals surface area contributed by atoms with Gasteiger partial charge >= 0.3 is 5.97 Å². The van der Waals surface area contributed by atoms with Gasteiger partial charge in [-0.15, -0.1) is 0 Å². The SMILES string of the molecule is COC(=O)COC1c2ccc(O)cc2CC1N. The van der Waals surface area contributed by atoms with Crippen LogP contribution in [-0.2, 0) is 20.7 Å². The lowest BCUT2D eigenvalue weighted by Gasteiger charge is -2.16. The summed E-state index contributed by atoms with van der Waals surface area (Å²) in [6.45, 7) is -0.116. The highest BCUT2D eigenvalue weighted by atomic mass is 16.6. The summed E-state index contributed by atoms with van der Waals surface area (Å²) in [5.74, 6) is -0.214. The van der Waals surface area contributed by atoms with Crippen molar-refractivity contribution in [1.82, 2.24) is 0 Å². The van der Waals surface area contributed by atoms with Crippen LogP contribution < -0.4 is 5.73 Å². The summed E-state index contributed by atoms with van der Waals surface area (Å²) in [5, 5.41) is 9.37.